The average molecular weight is 525 g/mol. The van der Waals surface area contributed by atoms with Gasteiger partial charge in [-0.1, -0.05) is 70.0 Å². The zero-order valence-corrected chi connectivity index (χ0v) is 19.9. The number of halogens is 2. The Labute approximate surface area is 204 Å². The molecule has 1 aliphatic rings. The Morgan fingerprint density at radius 2 is 1.73 bits per heavy atom. The van der Waals surface area contributed by atoms with E-state index in [-0.39, 0.29) is 23.2 Å². The van der Waals surface area contributed by atoms with Crippen LogP contribution in [0.15, 0.2) is 88.0 Å². The van der Waals surface area contributed by atoms with Crippen molar-refractivity contribution in [2.75, 3.05) is 10.6 Å². The van der Waals surface area contributed by atoms with E-state index in [0.29, 0.717) is 16.9 Å². The Morgan fingerprint density at radius 3 is 2.45 bits per heavy atom. The summed E-state index contributed by atoms with van der Waals surface area (Å²) in [6.45, 7) is 1.95. The van der Waals surface area contributed by atoms with Crippen molar-refractivity contribution >= 4 is 56.6 Å². The first-order valence-electron chi connectivity index (χ1n) is 10.1. The smallest absolute Gasteiger partial charge is 0.279 e. The fourth-order valence-corrected chi connectivity index (χ4v) is 4.00. The van der Waals surface area contributed by atoms with Crippen molar-refractivity contribution in [3.8, 4) is 0 Å². The van der Waals surface area contributed by atoms with E-state index in [2.05, 4.69) is 26.6 Å². The van der Waals surface area contributed by atoms with E-state index in [0.717, 1.165) is 20.5 Å². The van der Waals surface area contributed by atoms with Gasteiger partial charge in [-0.05, 0) is 48.4 Å². The molecule has 0 fully saturated rings. The van der Waals surface area contributed by atoms with Crippen molar-refractivity contribution in [1.82, 2.24) is 4.90 Å². The summed E-state index contributed by atoms with van der Waals surface area (Å²) in [5.74, 6) is -1.39. The third-order valence-corrected chi connectivity index (χ3v) is 5.98. The monoisotopic (exact) mass is 523 g/mol. The number of anilines is 2. The molecule has 0 saturated heterocycles. The molecule has 8 heteroatoms. The number of hydrogen-bond donors (Lipinski definition) is 2. The minimum absolute atomic E-state index is 0.00903. The number of hydrogen-bond acceptors (Lipinski definition) is 4. The quantitative estimate of drug-likeness (QED) is 0.421. The van der Waals surface area contributed by atoms with Gasteiger partial charge in [0.15, 0.2) is 0 Å². The summed E-state index contributed by atoms with van der Waals surface area (Å²) < 4.78 is 0.845. The van der Waals surface area contributed by atoms with Crippen LogP contribution >= 0.6 is 27.5 Å². The molecule has 33 heavy (non-hydrogen) atoms. The lowest BCUT2D eigenvalue weighted by atomic mass is 10.1. The maximum Gasteiger partial charge on any atom is 0.279 e. The molecule has 0 unspecified atom stereocenters. The van der Waals surface area contributed by atoms with Gasteiger partial charge in [-0.15, -0.1) is 0 Å². The summed E-state index contributed by atoms with van der Waals surface area (Å²) in [4.78, 5) is 39.4. The molecule has 3 aromatic rings. The number of benzene rings is 3. The molecule has 2 N–H and O–H groups in total. The number of carbonyl (C=O) groups is 3. The van der Waals surface area contributed by atoms with E-state index >= 15 is 0 Å². The van der Waals surface area contributed by atoms with Gasteiger partial charge in [0.25, 0.3) is 17.7 Å². The first-order chi connectivity index (χ1) is 15.8. The average Bonchev–Trinajstić information content (AvgIpc) is 2.99. The summed E-state index contributed by atoms with van der Waals surface area (Å²) in [5.41, 5.74) is 3.12. The van der Waals surface area contributed by atoms with Crippen LogP contribution in [-0.4, -0.2) is 22.6 Å². The minimum atomic E-state index is -0.561. The van der Waals surface area contributed by atoms with E-state index in [9.17, 15) is 14.4 Å². The van der Waals surface area contributed by atoms with E-state index in [1.165, 1.54) is 0 Å². The van der Waals surface area contributed by atoms with Crippen molar-refractivity contribution in [1.29, 1.82) is 0 Å². The van der Waals surface area contributed by atoms with Gasteiger partial charge in [0.2, 0.25) is 0 Å². The van der Waals surface area contributed by atoms with Gasteiger partial charge in [-0.3, -0.25) is 19.3 Å². The number of nitrogens with zero attached hydrogens (tertiary/aromatic N) is 1. The highest BCUT2D eigenvalue weighted by Gasteiger charge is 2.38. The Balaban J connectivity index is 1.54. The van der Waals surface area contributed by atoms with Crippen LogP contribution in [0, 0.1) is 6.92 Å². The molecular weight excluding hydrogens is 506 g/mol. The van der Waals surface area contributed by atoms with Gasteiger partial charge in [0, 0.05) is 21.4 Å². The maximum absolute atomic E-state index is 13.0. The van der Waals surface area contributed by atoms with Crippen molar-refractivity contribution in [2.45, 2.75) is 13.5 Å². The van der Waals surface area contributed by atoms with E-state index < -0.39 is 11.8 Å². The predicted octanol–water partition coefficient (Wildman–Crippen LogP) is 5.44. The zero-order valence-electron chi connectivity index (χ0n) is 17.6. The predicted molar refractivity (Wildman–Crippen MR) is 132 cm³/mol. The molecule has 1 aliphatic heterocycles. The Kier molecular flexibility index (Phi) is 6.62. The molecule has 0 radical (unpaired) electrons. The van der Waals surface area contributed by atoms with Crippen LogP contribution in [0.25, 0.3) is 0 Å². The fraction of sp³-hybridized carbons (Fsp3) is 0.0800. The number of aryl methyl sites for hydroxylation is 1. The zero-order chi connectivity index (χ0) is 23.5. The van der Waals surface area contributed by atoms with Gasteiger partial charge < -0.3 is 10.6 Å². The molecule has 3 amide bonds. The van der Waals surface area contributed by atoms with Crippen LogP contribution in [0.4, 0.5) is 11.4 Å². The van der Waals surface area contributed by atoms with E-state index in [1.807, 2.05) is 49.4 Å². The van der Waals surface area contributed by atoms with E-state index in [4.69, 9.17) is 11.6 Å². The van der Waals surface area contributed by atoms with Crippen LogP contribution in [0.5, 0.6) is 0 Å². The number of amides is 3. The first kappa shape index (κ1) is 22.8. The summed E-state index contributed by atoms with van der Waals surface area (Å²) in [6, 6.07) is 21.5. The highest BCUT2D eigenvalue weighted by atomic mass is 79.9. The summed E-state index contributed by atoms with van der Waals surface area (Å²) in [7, 11) is 0. The molecule has 3 aromatic carbocycles. The number of imide groups is 1. The Bertz CT molecular complexity index is 1290. The van der Waals surface area contributed by atoms with Crippen molar-refractivity contribution in [3.05, 3.63) is 105 Å². The van der Waals surface area contributed by atoms with Crippen molar-refractivity contribution < 1.29 is 14.4 Å². The van der Waals surface area contributed by atoms with Crippen LogP contribution in [0.1, 0.15) is 21.5 Å². The van der Waals surface area contributed by atoms with Crippen LogP contribution in [-0.2, 0) is 16.1 Å². The number of rotatable bonds is 6. The molecule has 0 bridgehead atoms. The lowest BCUT2D eigenvalue weighted by molar-refractivity contribution is -0.138. The molecule has 0 aliphatic carbocycles. The standard InChI is InChI=1S/C25H19BrClN3O3/c1-15-10-11-17(23(31)28-19-9-5-8-18(26)13-19)12-20(15)29-22-21(27)24(32)30(25(22)33)14-16-6-3-2-4-7-16/h2-13,29H,14H2,1H3,(H,28,31). The lowest BCUT2D eigenvalue weighted by Gasteiger charge is -2.16. The third kappa shape index (κ3) is 4.99. The van der Waals surface area contributed by atoms with Gasteiger partial charge in [0.05, 0.1) is 6.54 Å². The minimum Gasteiger partial charge on any atom is -0.349 e. The van der Waals surface area contributed by atoms with Crippen LogP contribution in [0.3, 0.4) is 0 Å². The van der Waals surface area contributed by atoms with Crippen molar-refractivity contribution in [2.24, 2.45) is 0 Å². The third-order valence-electron chi connectivity index (χ3n) is 5.14. The fourth-order valence-electron chi connectivity index (χ4n) is 3.37. The second kappa shape index (κ2) is 9.60. The Hall–Kier alpha value is -3.42. The molecule has 0 saturated carbocycles. The SMILES string of the molecule is Cc1ccc(C(=O)Nc2cccc(Br)c2)cc1NC1=C(Cl)C(=O)N(Cc2ccccc2)C1=O. The topological polar surface area (TPSA) is 78.5 Å². The van der Waals surface area contributed by atoms with Gasteiger partial charge in [-0.2, -0.15) is 0 Å². The summed E-state index contributed by atoms with van der Waals surface area (Å²) in [5, 5.41) is 5.62. The maximum atomic E-state index is 13.0. The number of carbonyl (C=O) groups excluding carboxylic acids is 3. The molecule has 0 spiro atoms. The Morgan fingerprint density at radius 1 is 0.970 bits per heavy atom. The summed E-state index contributed by atoms with van der Waals surface area (Å²) in [6.07, 6.45) is 0. The lowest BCUT2D eigenvalue weighted by Crippen LogP contribution is -2.31. The molecule has 4 rings (SSSR count). The first-order valence-corrected chi connectivity index (χ1v) is 11.2. The van der Waals surface area contributed by atoms with Crippen molar-refractivity contribution in [3.63, 3.8) is 0 Å². The van der Waals surface area contributed by atoms with E-state index in [1.54, 1.807) is 30.3 Å². The summed E-state index contributed by atoms with van der Waals surface area (Å²) >= 11 is 9.61. The van der Waals surface area contributed by atoms with Crippen LogP contribution in [0.2, 0.25) is 0 Å². The largest absolute Gasteiger partial charge is 0.349 e. The highest BCUT2D eigenvalue weighted by molar-refractivity contribution is 9.10. The molecule has 6 nitrogen and oxygen atoms in total. The second-order valence-corrected chi connectivity index (χ2v) is 8.78. The molecule has 1 heterocycles. The van der Waals surface area contributed by atoms with Gasteiger partial charge in [-0.25, -0.2) is 0 Å². The normalized spacial score (nSPS) is 13.5. The molecule has 166 valence electrons. The highest BCUT2D eigenvalue weighted by Crippen LogP contribution is 2.29. The second-order valence-electron chi connectivity index (χ2n) is 7.49. The molecule has 0 atom stereocenters. The molecular formula is C25H19BrClN3O3. The van der Waals surface area contributed by atoms with Gasteiger partial charge in [0.1, 0.15) is 10.7 Å². The number of nitrogens with one attached hydrogen (secondary N) is 2. The van der Waals surface area contributed by atoms with Gasteiger partial charge >= 0.3 is 0 Å². The van der Waals surface area contributed by atoms with Crippen LogP contribution < -0.4 is 10.6 Å². The molecule has 0 aromatic heterocycles.